The topological polar surface area (TPSA) is 99.6 Å². The Morgan fingerprint density at radius 2 is 1.53 bits per heavy atom. The first-order chi connectivity index (χ1) is 27.6. The van der Waals surface area contributed by atoms with Crippen LogP contribution >= 0.6 is 0 Å². The van der Waals surface area contributed by atoms with Crippen molar-refractivity contribution < 1.29 is 29.0 Å². The number of carbonyl (C=O) groups excluding carboxylic acids is 3. The molecule has 3 amide bonds. The van der Waals surface area contributed by atoms with Gasteiger partial charge in [-0.25, -0.2) is 0 Å². The first-order valence-electron chi connectivity index (χ1n) is 19.8. The van der Waals surface area contributed by atoms with Gasteiger partial charge in [-0.2, -0.15) is 0 Å². The highest BCUT2D eigenvalue weighted by Crippen LogP contribution is 2.61. The van der Waals surface area contributed by atoms with Gasteiger partial charge in [0.1, 0.15) is 5.75 Å². The molecular formula is C47H49N3O6Si. The van der Waals surface area contributed by atoms with Gasteiger partial charge in [0.2, 0.25) is 11.8 Å². The maximum Gasteiger partial charge on any atom is 0.268 e. The lowest BCUT2D eigenvalue weighted by Gasteiger charge is -2.37. The lowest BCUT2D eigenvalue weighted by molar-refractivity contribution is -0.149. The molecule has 0 unspecified atom stereocenters. The quantitative estimate of drug-likeness (QED) is 0.139. The molecular weight excluding hydrogens is 731 g/mol. The van der Waals surface area contributed by atoms with Crippen LogP contribution in [0.3, 0.4) is 0 Å². The zero-order valence-corrected chi connectivity index (χ0v) is 33.9. The number of benzene rings is 5. The summed E-state index contributed by atoms with van der Waals surface area (Å²) in [6, 6.07) is 41.3. The zero-order valence-electron chi connectivity index (χ0n) is 32.9. The summed E-state index contributed by atoms with van der Waals surface area (Å²) in [5.74, 6) is 0.00202. The molecule has 1 saturated heterocycles. The number of anilines is 4. The van der Waals surface area contributed by atoms with E-state index in [1.165, 1.54) is 0 Å². The minimum atomic E-state index is -2.59. The van der Waals surface area contributed by atoms with Gasteiger partial charge in [-0.15, -0.1) is 0 Å². The van der Waals surface area contributed by atoms with Crippen LogP contribution < -0.4 is 19.7 Å². The van der Waals surface area contributed by atoms with Crippen molar-refractivity contribution in [3.63, 3.8) is 0 Å². The van der Waals surface area contributed by atoms with Crippen LogP contribution in [0.5, 0.6) is 5.75 Å². The van der Waals surface area contributed by atoms with Gasteiger partial charge in [0.05, 0.1) is 45.7 Å². The molecule has 10 heteroatoms. The molecule has 0 radical (unpaired) electrons. The van der Waals surface area contributed by atoms with Crippen molar-refractivity contribution in [3.05, 3.63) is 144 Å². The minimum Gasteiger partial charge on any atom is -0.497 e. The molecule has 0 bridgehead atoms. The first-order valence-corrected chi connectivity index (χ1v) is 22.9. The van der Waals surface area contributed by atoms with Gasteiger partial charge < -0.3 is 19.5 Å². The number of aliphatic hydroxyl groups excluding tert-OH is 1. The Morgan fingerprint density at radius 3 is 2.23 bits per heavy atom. The van der Waals surface area contributed by atoms with E-state index in [2.05, 4.69) is 38.2 Å². The maximum atomic E-state index is 15.5. The Labute approximate surface area is 335 Å². The number of carbonyl (C=O) groups is 3. The van der Waals surface area contributed by atoms with Crippen molar-refractivity contribution in [1.29, 1.82) is 0 Å². The summed E-state index contributed by atoms with van der Waals surface area (Å²) in [4.78, 5) is 49.0. The standard InChI is InChI=1S/C47H49N3O6Si/c1-32-45(57(3,4)38-23-21-37(55-2)22-24-38)42(30-44(53)48(27-28-51)31-33-13-7-5-8-14-33)56-47(32)39-29-36(49-40-18-12-11-15-34(40)19-26-43(49)52)20-25-41(39)50(46(47)54)35-16-9-6-10-17-35/h5-18,20-25,29,32,42,45,51H,19,26-28,30-31H2,1-4H3/t32-,42+,45-,47+/m1/s1. The summed E-state index contributed by atoms with van der Waals surface area (Å²) < 4.78 is 12.9. The van der Waals surface area contributed by atoms with Crippen molar-refractivity contribution >= 4 is 53.7 Å². The van der Waals surface area contributed by atoms with Gasteiger partial charge in [0.25, 0.3) is 5.91 Å². The second-order valence-corrected chi connectivity index (χ2v) is 20.6. The lowest BCUT2D eigenvalue weighted by atomic mass is 9.82. The molecule has 8 rings (SSSR count). The maximum absolute atomic E-state index is 15.5. The largest absolute Gasteiger partial charge is 0.497 e. The SMILES string of the molecule is COc1ccc([Si](C)(C)[C@H]2[C@H](CC(=O)N(CCO)Cc3ccccc3)O[C@@]3(C(=O)N(c4ccccc4)c4ccc(N5C(=O)CCc6ccccc65)cc43)[C@@H]2C)cc1. The van der Waals surface area contributed by atoms with E-state index in [0.29, 0.717) is 42.0 Å². The van der Waals surface area contributed by atoms with E-state index < -0.39 is 19.8 Å². The van der Waals surface area contributed by atoms with Gasteiger partial charge in [-0.1, -0.05) is 104 Å². The molecule has 4 atom stereocenters. The molecule has 3 heterocycles. The summed E-state index contributed by atoms with van der Waals surface area (Å²) >= 11 is 0. The molecule has 1 spiro atoms. The second kappa shape index (κ2) is 15.4. The van der Waals surface area contributed by atoms with Gasteiger partial charge in [-0.05, 0) is 71.6 Å². The van der Waals surface area contributed by atoms with Crippen molar-refractivity contribution in [3.8, 4) is 5.75 Å². The lowest BCUT2D eigenvalue weighted by Crippen LogP contribution is -2.52. The molecule has 57 heavy (non-hydrogen) atoms. The normalized spacial score (nSPS) is 21.5. The van der Waals surface area contributed by atoms with E-state index >= 15 is 4.79 Å². The molecule has 3 aliphatic heterocycles. The van der Waals surface area contributed by atoms with E-state index in [0.717, 1.165) is 27.8 Å². The highest BCUT2D eigenvalue weighted by molar-refractivity contribution is 6.91. The molecule has 0 aromatic heterocycles. The molecule has 1 N–H and O–H groups in total. The molecule has 1 fully saturated rings. The number of aliphatic hydroxyl groups is 1. The number of para-hydroxylation sites is 2. The highest BCUT2D eigenvalue weighted by Gasteiger charge is 2.67. The first kappa shape index (κ1) is 38.3. The Hall–Kier alpha value is -5.55. The Balaban J connectivity index is 1.27. The van der Waals surface area contributed by atoms with E-state index in [1.54, 1.807) is 21.8 Å². The summed E-state index contributed by atoms with van der Waals surface area (Å²) in [5, 5.41) is 11.3. The Morgan fingerprint density at radius 1 is 0.842 bits per heavy atom. The smallest absolute Gasteiger partial charge is 0.268 e. The van der Waals surface area contributed by atoms with Crippen LogP contribution in [0.4, 0.5) is 22.7 Å². The van der Waals surface area contributed by atoms with Crippen LogP contribution in [0.25, 0.3) is 0 Å². The number of amides is 3. The van der Waals surface area contributed by atoms with Crippen molar-refractivity contribution in [2.45, 2.75) is 63.1 Å². The number of aryl methyl sites for hydroxylation is 1. The molecule has 0 aliphatic carbocycles. The van der Waals surface area contributed by atoms with Crippen LogP contribution in [-0.4, -0.2) is 62.2 Å². The number of fused-ring (bicyclic) bond motifs is 3. The van der Waals surface area contributed by atoms with Crippen molar-refractivity contribution in [2.24, 2.45) is 5.92 Å². The summed E-state index contributed by atoms with van der Waals surface area (Å²) in [5.41, 5.74) is 3.99. The van der Waals surface area contributed by atoms with Crippen LogP contribution in [0.1, 0.15) is 36.5 Å². The van der Waals surface area contributed by atoms with Crippen molar-refractivity contribution in [1.82, 2.24) is 4.90 Å². The summed E-state index contributed by atoms with van der Waals surface area (Å²) in [6.07, 6.45) is 0.437. The fraction of sp³-hybridized carbons (Fsp3) is 0.298. The number of rotatable bonds is 11. The average Bonchev–Trinajstić information content (AvgIpc) is 3.67. The molecule has 9 nitrogen and oxygen atoms in total. The van der Waals surface area contributed by atoms with Crippen LogP contribution in [0.2, 0.25) is 18.6 Å². The van der Waals surface area contributed by atoms with Gasteiger partial charge >= 0.3 is 0 Å². The zero-order chi connectivity index (χ0) is 39.9. The summed E-state index contributed by atoms with van der Waals surface area (Å²) in [7, 11) is -0.940. The Bertz CT molecular complexity index is 2280. The molecule has 5 aromatic rings. The number of hydrogen-bond donors (Lipinski definition) is 1. The average molecular weight is 780 g/mol. The fourth-order valence-corrected chi connectivity index (χ4v) is 13.6. The van der Waals surface area contributed by atoms with Gasteiger partial charge in [0, 0.05) is 42.4 Å². The van der Waals surface area contributed by atoms with Crippen LogP contribution in [0, 0.1) is 5.92 Å². The number of nitrogens with zero attached hydrogens (tertiary/aromatic N) is 3. The number of hydrogen-bond acceptors (Lipinski definition) is 6. The predicted octanol–water partition coefficient (Wildman–Crippen LogP) is 7.61. The Kier molecular flexibility index (Phi) is 10.4. The van der Waals surface area contributed by atoms with Crippen molar-refractivity contribution in [2.75, 3.05) is 30.1 Å². The predicted molar refractivity (Wildman–Crippen MR) is 225 cm³/mol. The van der Waals surface area contributed by atoms with E-state index in [9.17, 15) is 14.7 Å². The molecule has 3 aliphatic rings. The highest BCUT2D eigenvalue weighted by atomic mass is 28.3. The van der Waals surface area contributed by atoms with Gasteiger partial charge in [0.15, 0.2) is 5.60 Å². The molecule has 5 aromatic carbocycles. The van der Waals surface area contributed by atoms with Crippen LogP contribution in [0.15, 0.2) is 127 Å². The fourth-order valence-electron chi connectivity index (χ4n) is 9.63. The molecule has 292 valence electrons. The molecule has 0 saturated carbocycles. The van der Waals surface area contributed by atoms with Gasteiger partial charge in [-0.3, -0.25) is 24.2 Å². The monoisotopic (exact) mass is 779 g/mol. The number of ether oxygens (including phenoxy) is 2. The second-order valence-electron chi connectivity index (χ2n) is 15.9. The third-order valence-electron chi connectivity index (χ3n) is 12.4. The van der Waals surface area contributed by atoms with E-state index in [4.69, 9.17) is 9.47 Å². The number of methoxy groups -OCH3 is 1. The third-order valence-corrected chi connectivity index (χ3v) is 16.8. The van der Waals surface area contributed by atoms with E-state index in [1.807, 2.05) is 109 Å². The minimum absolute atomic E-state index is 0.0101. The third kappa shape index (κ3) is 6.65. The van der Waals surface area contributed by atoms with Crippen LogP contribution in [-0.2, 0) is 37.7 Å². The van der Waals surface area contributed by atoms with E-state index in [-0.39, 0.29) is 48.8 Å². The summed E-state index contributed by atoms with van der Waals surface area (Å²) in [6.45, 7) is 7.02.